The lowest BCUT2D eigenvalue weighted by Crippen LogP contribution is -2.15. The molecule has 0 saturated heterocycles. The minimum absolute atomic E-state index is 0.0653. The largest absolute Gasteiger partial charge is 0.506 e. The number of hydrogen-bond donors (Lipinski definition) is 3. The number of methoxy groups -OCH3 is 1. The van der Waals surface area contributed by atoms with Crippen LogP contribution in [-0.4, -0.2) is 36.7 Å². The van der Waals surface area contributed by atoms with Crippen LogP contribution in [0.15, 0.2) is 76.1 Å². The second-order valence-corrected chi connectivity index (χ2v) is 8.85. The topological polar surface area (TPSA) is 144 Å². The highest BCUT2D eigenvalue weighted by molar-refractivity contribution is 7.92. The summed E-state index contributed by atoms with van der Waals surface area (Å²) in [4.78, 5) is 16.7. The number of phenolic OH excluding ortho intramolecular Hbond substituents is 1. The molecule has 0 spiro atoms. The Labute approximate surface area is 195 Å². The molecule has 11 heteroatoms. The molecule has 0 radical (unpaired) electrons. The van der Waals surface area contributed by atoms with Gasteiger partial charge in [0.15, 0.2) is 5.82 Å². The predicted octanol–water partition coefficient (Wildman–Crippen LogP) is 3.81. The van der Waals surface area contributed by atoms with Crippen LogP contribution in [0, 0.1) is 6.92 Å². The van der Waals surface area contributed by atoms with Gasteiger partial charge in [0.2, 0.25) is 0 Å². The third-order valence-electron chi connectivity index (χ3n) is 4.80. The number of phenols is 1. The molecule has 1 amide bonds. The van der Waals surface area contributed by atoms with Gasteiger partial charge in [-0.25, -0.2) is 8.42 Å². The Morgan fingerprint density at radius 3 is 2.44 bits per heavy atom. The number of anilines is 2. The zero-order valence-electron chi connectivity index (χ0n) is 18.1. The summed E-state index contributed by atoms with van der Waals surface area (Å²) in [5.41, 5.74) is 1.10. The zero-order valence-corrected chi connectivity index (χ0v) is 19.0. The van der Waals surface area contributed by atoms with Gasteiger partial charge < -0.3 is 19.7 Å². The summed E-state index contributed by atoms with van der Waals surface area (Å²) < 4.78 is 38.5. The fourth-order valence-corrected chi connectivity index (χ4v) is 4.18. The average molecular weight is 481 g/mol. The van der Waals surface area contributed by atoms with E-state index in [1.165, 1.54) is 25.3 Å². The van der Waals surface area contributed by atoms with Crippen molar-refractivity contribution in [3.8, 4) is 23.0 Å². The van der Waals surface area contributed by atoms with Crippen LogP contribution >= 0.6 is 0 Å². The normalized spacial score (nSPS) is 11.1. The van der Waals surface area contributed by atoms with Crippen molar-refractivity contribution in [2.45, 2.75) is 11.8 Å². The molecule has 0 aliphatic heterocycles. The number of para-hydroxylation sites is 2. The van der Waals surface area contributed by atoms with E-state index in [0.29, 0.717) is 23.0 Å². The van der Waals surface area contributed by atoms with Gasteiger partial charge in [-0.2, -0.15) is 4.98 Å². The molecule has 1 aromatic heterocycles. The number of aromatic nitrogens is 2. The second-order valence-electron chi connectivity index (χ2n) is 7.16. The Balaban J connectivity index is 1.54. The summed E-state index contributed by atoms with van der Waals surface area (Å²) in [6, 6.07) is 16.5. The maximum atomic E-state index is 12.9. The lowest BCUT2D eigenvalue weighted by atomic mass is 10.1. The third-order valence-corrected chi connectivity index (χ3v) is 6.16. The monoisotopic (exact) mass is 480 g/mol. The standard InChI is InChI=1S/C23H20N4O6S/c1-14-24-23(33-26-14)16-9-7-15(8-10-16)22(29)25-19-13-17(11-12-20(19)28)34(30,31)27-18-5-3-4-6-21(18)32-2/h3-13,27-28H,1-2H3,(H,25,29). The number of rotatable bonds is 7. The van der Waals surface area contributed by atoms with Gasteiger partial charge in [-0.3, -0.25) is 9.52 Å². The molecule has 3 aromatic carbocycles. The predicted molar refractivity (Wildman–Crippen MR) is 124 cm³/mol. The van der Waals surface area contributed by atoms with Crippen molar-refractivity contribution in [1.29, 1.82) is 0 Å². The van der Waals surface area contributed by atoms with Gasteiger partial charge in [0.25, 0.3) is 21.8 Å². The van der Waals surface area contributed by atoms with Crippen molar-refractivity contribution >= 4 is 27.3 Å². The lowest BCUT2D eigenvalue weighted by Gasteiger charge is -2.13. The van der Waals surface area contributed by atoms with E-state index in [4.69, 9.17) is 9.26 Å². The molecule has 0 saturated carbocycles. The molecule has 1 heterocycles. The van der Waals surface area contributed by atoms with Gasteiger partial charge in [0.1, 0.15) is 11.5 Å². The molecule has 3 N–H and O–H groups in total. The van der Waals surface area contributed by atoms with Crippen LogP contribution in [0.2, 0.25) is 0 Å². The Morgan fingerprint density at radius 1 is 1.03 bits per heavy atom. The molecule has 4 rings (SSSR count). The molecule has 34 heavy (non-hydrogen) atoms. The summed E-state index contributed by atoms with van der Waals surface area (Å²) in [5, 5.41) is 16.4. The number of carbonyl (C=O) groups excluding carboxylic acids is 1. The molecule has 0 atom stereocenters. The minimum Gasteiger partial charge on any atom is -0.506 e. The molecule has 0 bridgehead atoms. The molecule has 174 valence electrons. The smallest absolute Gasteiger partial charge is 0.262 e. The fraction of sp³-hybridized carbons (Fsp3) is 0.0870. The van der Waals surface area contributed by atoms with Crippen molar-refractivity contribution in [3.05, 3.63) is 78.1 Å². The van der Waals surface area contributed by atoms with Crippen molar-refractivity contribution in [1.82, 2.24) is 10.1 Å². The van der Waals surface area contributed by atoms with E-state index in [9.17, 15) is 18.3 Å². The summed E-state index contributed by atoms with van der Waals surface area (Å²) in [6.07, 6.45) is 0. The van der Waals surface area contributed by atoms with Gasteiger partial charge in [-0.1, -0.05) is 17.3 Å². The number of aryl methyl sites for hydroxylation is 1. The number of aromatic hydroxyl groups is 1. The van der Waals surface area contributed by atoms with Gasteiger partial charge in [0, 0.05) is 11.1 Å². The number of nitrogens with one attached hydrogen (secondary N) is 2. The van der Waals surface area contributed by atoms with Crippen LogP contribution in [0.1, 0.15) is 16.2 Å². The van der Waals surface area contributed by atoms with Crippen LogP contribution in [0.4, 0.5) is 11.4 Å². The lowest BCUT2D eigenvalue weighted by molar-refractivity contribution is 0.102. The zero-order chi connectivity index (χ0) is 24.3. The molecule has 0 aliphatic rings. The fourth-order valence-electron chi connectivity index (χ4n) is 3.09. The van der Waals surface area contributed by atoms with E-state index >= 15 is 0 Å². The van der Waals surface area contributed by atoms with Crippen LogP contribution in [-0.2, 0) is 10.0 Å². The number of carbonyl (C=O) groups is 1. The molecule has 0 unspecified atom stereocenters. The van der Waals surface area contributed by atoms with Gasteiger partial charge in [0.05, 0.1) is 23.4 Å². The molecular weight excluding hydrogens is 460 g/mol. The number of sulfonamides is 1. The molecule has 4 aromatic rings. The molecule has 0 aliphatic carbocycles. The number of hydrogen-bond acceptors (Lipinski definition) is 8. The average Bonchev–Trinajstić information content (AvgIpc) is 3.27. The van der Waals surface area contributed by atoms with Crippen LogP contribution < -0.4 is 14.8 Å². The van der Waals surface area contributed by atoms with Crippen molar-refractivity contribution in [2.24, 2.45) is 0 Å². The van der Waals surface area contributed by atoms with E-state index < -0.39 is 15.9 Å². The van der Waals surface area contributed by atoms with Crippen LogP contribution in [0.25, 0.3) is 11.5 Å². The first-order valence-electron chi connectivity index (χ1n) is 9.98. The first kappa shape index (κ1) is 22.8. The second kappa shape index (κ2) is 9.24. The Morgan fingerprint density at radius 2 is 1.76 bits per heavy atom. The summed E-state index contributed by atoms with van der Waals surface area (Å²) in [6.45, 7) is 1.70. The summed E-state index contributed by atoms with van der Waals surface area (Å²) >= 11 is 0. The Hall–Kier alpha value is -4.38. The third kappa shape index (κ3) is 4.84. The number of nitrogens with zero attached hydrogens (tertiary/aromatic N) is 2. The Bertz CT molecular complexity index is 1450. The van der Waals surface area contributed by atoms with Crippen molar-refractivity contribution in [2.75, 3.05) is 17.1 Å². The summed E-state index contributed by atoms with van der Waals surface area (Å²) in [7, 11) is -2.61. The van der Waals surface area contributed by atoms with E-state index in [2.05, 4.69) is 20.2 Å². The number of amides is 1. The first-order chi connectivity index (χ1) is 16.3. The SMILES string of the molecule is COc1ccccc1NS(=O)(=O)c1ccc(O)c(NC(=O)c2ccc(-c3nc(C)no3)cc2)c1. The first-order valence-corrected chi connectivity index (χ1v) is 11.5. The maximum Gasteiger partial charge on any atom is 0.262 e. The highest BCUT2D eigenvalue weighted by atomic mass is 32.2. The van der Waals surface area contributed by atoms with Gasteiger partial charge >= 0.3 is 0 Å². The molecular formula is C23H20N4O6S. The van der Waals surface area contributed by atoms with Crippen molar-refractivity contribution < 1.29 is 27.6 Å². The van der Waals surface area contributed by atoms with Crippen LogP contribution in [0.3, 0.4) is 0 Å². The molecule has 10 nitrogen and oxygen atoms in total. The van der Waals surface area contributed by atoms with E-state index in [0.717, 1.165) is 0 Å². The molecule has 0 fully saturated rings. The van der Waals surface area contributed by atoms with Crippen LogP contribution in [0.5, 0.6) is 11.5 Å². The highest BCUT2D eigenvalue weighted by Gasteiger charge is 2.19. The number of benzene rings is 3. The number of ether oxygens (including phenoxy) is 1. The quantitative estimate of drug-likeness (QED) is 0.339. The highest BCUT2D eigenvalue weighted by Crippen LogP contribution is 2.30. The van der Waals surface area contributed by atoms with Crippen molar-refractivity contribution in [3.63, 3.8) is 0 Å². The Kier molecular flexibility index (Phi) is 6.19. The van der Waals surface area contributed by atoms with Gasteiger partial charge in [-0.15, -0.1) is 0 Å². The maximum absolute atomic E-state index is 12.9. The minimum atomic E-state index is -4.04. The van der Waals surface area contributed by atoms with E-state index in [1.54, 1.807) is 55.5 Å². The van der Waals surface area contributed by atoms with E-state index in [1.807, 2.05) is 0 Å². The van der Waals surface area contributed by atoms with Gasteiger partial charge in [-0.05, 0) is 61.5 Å². The van der Waals surface area contributed by atoms with E-state index in [-0.39, 0.29) is 27.6 Å². The summed E-state index contributed by atoms with van der Waals surface area (Å²) in [5.74, 6) is 0.320.